The lowest BCUT2D eigenvalue weighted by Gasteiger charge is -2.29. The molecule has 0 saturated carbocycles. The summed E-state index contributed by atoms with van der Waals surface area (Å²) in [5.41, 5.74) is 1.73. The van der Waals surface area contributed by atoms with Gasteiger partial charge in [-0.25, -0.2) is 4.79 Å². The summed E-state index contributed by atoms with van der Waals surface area (Å²) in [6, 6.07) is 19.0. The van der Waals surface area contributed by atoms with Crippen LogP contribution in [-0.4, -0.2) is 38.4 Å². The van der Waals surface area contributed by atoms with Gasteiger partial charge in [0.05, 0.1) is 12.8 Å². The van der Waals surface area contributed by atoms with E-state index < -0.39 is 10.1 Å². The summed E-state index contributed by atoms with van der Waals surface area (Å²) in [7, 11) is -2.57. The number of hydrogen-bond donors (Lipinski definition) is 2. The van der Waals surface area contributed by atoms with Crippen LogP contribution in [0.3, 0.4) is 0 Å². The molecule has 3 aromatic carbocycles. The lowest BCUT2D eigenvalue weighted by molar-refractivity contribution is -0.114. The number of anilines is 2. The summed E-state index contributed by atoms with van der Waals surface area (Å²) in [6.45, 7) is 5.53. The predicted molar refractivity (Wildman–Crippen MR) is 142 cm³/mol. The molecule has 0 aliphatic carbocycles. The SMILES string of the molecule is CC[C@H](C)N(Cc1cccc(OS(=O)(=O)c2ccc(NC(C)=O)cc2)c1)C(=O)Nc1ccccc1OC. The molecule has 37 heavy (non-hydrogen) atoms. The Hall–Kier alpha value is -4.05. The third-order valence-corrected chi connectivity index (χ3v) is 6.91. The van der Waals surface area contributed by atoms with E-state index in [0.29, 0.717) is 22.7 Å². The Kier molecular flexibility index (Phi) is 9.13. The van der Waals surface area contributed by atoms with Crippen LogP contribution >= 0.6 is 0 Å². The van der Waals surface area contributed by atoms with E-state index in [9.17, 15) is 18.0 Å². The van der Waals surface area contributed by atoms with E-state index in [1.54, 1.807) is 41.3 Å². The quantitative estimate of drug-likeness (QED) is 0.349. The maximum atomic E-state index is 13.2. The topological polar surface area (TPSA) is 114 Å². The Labute approximate surface area is 217 Å². The van der Waals surface area contributed by atoms with Crippen molar-refractivity contribution in [2.24, 2.45) is 0 Å². The highest BCUT2D eigenvalue weighted by atomic mass is 32.2. The molecule has 0 fully saturated rings. The second-order valence-electron chi connectivity index (χ2n) is 8.41. The molecule has 10 heteroatoms. The molecule has 196 valence electrons. The highest BCUT2D eigenvalue weighted by Crippen LogP contribution is 2.25. The Bertz CT molecular complexity index is 1340. The Morgan fingerprint density at radius 1 is 0.973 bits per heavy atom. The average molecular weight is 526 g/mol. The summed E-state index contributed by atoms with van der Waals surface area (Å²) in [6.07, 6.45) is 0.721. The second kappa shape index (κ2) is 12.3. The van der Waals surface area contributed by atoms with Crippen molar-refractivity contribution in [3.8, 4) is 11.5 Å². The second-order valence-corrected chi connectivity index (χ2v) is 9.95. The third-order valence-electron chi connectivity index (χ3n) is 5.65. The van der Waals surface area contributed by atoms with Crippen molar-refractivity contribution in [2.75, 3.05) is 17.7 Å². The van der Waals surface area contributed by atoms with Crippen LogP contribution in [0.15, 0.2) is 77.7 Å². The number of nitrogens with one attached hydrogen (secondary N) is 2. The van der Waals surface area contributed by atoms with Gasteiger partial charge >= 0.3 is 16.1 Å². The highest BCUT2D eigenvalue weighted by molar-refractivity contribution is 7.87. The first-order chi connectivity index (χ1) is 17.6. The number of carbonyl (C=O) groups excluding carboxylic acids is 2. The van der Waals surface area contributed by atoms with E-state index in [2.05, 4.69) is 10.6 Å². The first-order valence-electron chi connectivity index (χ1n) is 11.7. The van der Waals surface area contributed by atoms with Gasteiger partial charge in [-0.1, -0.05) is 31.2 Å². The Morgan fingerprint density at radius 3 is 2.32 bits per heavy atom. The van der Waals surface area contributed by atoms with Gasteiger partial charge in [0.25, 0.3) is 0 Å². The molecule has 0 aliphatic heterocycles. The molecular formula is C27H31N3O6S. The molecular weight excluding hydrogens is 494 g/mol. The van der Waals surface area contributed by atoms with Crippen LogP contribution in [0.2, 0.25) is 0 Å². The standard InChI is InChI=1S/C27H31N3O6S/c1-5-19(2)30(27(32)29-25-11-6-7-12-26(25)35-4)18-21-9-8-10-23(17-21)36-37(33,34)24-15-13-22(14-16-24)28-20(3)31/h6-17,19H,5,18H2,1-4H3,(H,28,31)(H,29,32)/t19-/m0/s1. The zero-order valence-electron chi connectivity index (χ0n) is 21.2. The van der Waals surface area contributed by atoms with Crippen LogP contribution in [0.25, 0.3) is 0 Å². The lowest BCUT2D eigenvalue weighted by atomic mass is 10.1. The molecule has 0 saturated heterocycles. The van der Waals surface area contributed by atoms with Crippen molar-refractivity contribution < 1.29 is 26.9 Å². The van der Waals surface area contributed by atoms with E-state index in [1.807, 2.05) is 19.9 Å². The molecule has 3 amide bonds. The molecule has 0 aromatic heterocycles. The van der Waals surface area contributed by atoms with Gasteiger partial charge in [0.1, 0.15) is 16.4 Å². The summed E-state index contributed by atoms with van der Waals surface area (Å²) in [5, 5.41) is 5.48. The molecule has 0 heterocycles. The molecule has 0 spiro atoms. The summed E-state index contributed by atoms with van der Waals surface area (Å²) < 4.78 is 36.3. The van der Waals surface area contributed by atoms with Gasteiger partial charge in [-0.15, -0.1) is 0 Å². The highest BCUT2D eigenvalue weighted by Gasteiger charge is 2.22. The fourth-order valence-electron chi connectivity index (χ4n) is 3.56. The number of para-hydroxylation sites is 2. The largest absolute Gasteiger partial charge is 0.495 e. The van der Waals surface area contributed by atoms with E-state index in [0.717, 1.165) is 6.42 Å². The van der Waals surface area contributed by atoms with Crippen molar-refractivity contribution in [3.63, 3.8) is 0 Å². The molecule has 1 atom stereocenters. The van der Waals surface area contributed by atoms with Crippen molar-refractivity contribution in [2.45, 2.75) is 44.7 Å². The number of urea groups is 1. The number of nitrogens with zero attached hydrogens (tertiary/aromatic N) is 1. The smallest absolute Gasteiger partial charge is 0.339 e. The van der Waals surface area contributed by atoms with E-state index >= 15 is 0 Å². The maximum Gasteiger partial charge on any atom is 0.339 e. The number of hydrogen-bond acceptors (Lipinski definition) is 6. The lowest BCUT2D eigenvalue weighted by Crippen LogP contribution is -2.40. The molecule has 0 aliphatic rings. The minimum Gasteiger partial charge on any atom is -0.495 e. The van der Waals surface area contributed by atoms with Crippen molar-refractivity contribution in [1.82, 2.24) is 4.90 Å². The van der Waals surface area contributed by atoms with Crippen molar-refractivity contribution in [3.05, 3.63) is 78.4 Å². The van der Waals surface area contributed by atoms with Gasteiger partial charge < -0.3 is 24.5 Å². The molecule has 3 rings (SSSR count). The Balaban J connectivity index is 1.77. The van der Waals surface area contributed by atoms with Crippen LogP contribution in [0, 0.1) is 0 Å². The molecule has 9 nitrogen and oxygen atoms in total. The van der Waals surface area contributed by atoms with Crippen LogP contribution in [0.5, 0.6) is 11.5 Å². The van der Waals surface area contributed by atoms with Crippen LogP contribution < -0.4 is 19.6 Å². The average Bonchev–Trinajstić information content (AvgIpc) is 2.87. The monoisotopic (exact) mass is 525 g/mol. The van der Waals surface area contributed by atoms with E-state index in [4.69, 9.17) is 8.92 Å². The van der Waals surface area contributed by atoms with Gasteiger partial charge in [-0.05, 0) is 67.4 Å². The number of amides is 3. The fourth-order valence-corrected chi connectivity index (χ4v) is 4.48. The molecule has 0 radical (unpaired) electrons. The van der Waals surface area contributed by atoms with Gasteiger partial charge in [0, 0.05) is 25.2 Å². The van der Waals surface area contributed by atoms with Crippen molar-refractivity contribution >= 4 is 33.4 Å². The molecule has 3 aromatic rings. The van der Waals surface area contributed by atoms with E-state index in [1.165, 1.54) is 44.4 Å². The third kappa shape index (κ3) is 7.47. The van der Waals surface area contributed by atoms with Crippen LogP contribution in [0.4, 0.5) is 16.2 Å². The maximum absolute atomic E-state index is 13.2. The normalized spacial score (nSPS) is 11.8. The fraction of sp³-hybridized carbons (Fsp3) is 0.259. The predicted octanol–water partition coefficient (Wildman–Crippen LogP) is 5.25. The number of rotatable bonds is 10. The molecule has 2 N–H and O–H groups in total. The summed E-state index contributed by atoms with van der Waals surface area (Å²) >= 11 is 0. The number of methoxy groups -OCH3 is 1. The van der Waals surface area contributed by atoms with Crippen LogP contribution in [0.1, 0.15) is 32.8 Å². The first kappa shape index (κ1) is 27.5. The number of carbonyl (C=O) groups is 2. The van der Waals surface area contributed by atoms with Crippen LogP contribution in [-0.2, 0) is 21.5 Å². The minimum atomic E-state index is -4.11. The zero-order valence-corrected chi connectivity index (χ0v) is 22.0. The van der Waals surface area contributed by atoms with Gasteiger partial charge in [0.2, 0.25) is 5.91 Å². The molecule has 0 bridgehead atoms. The zero-order chi connectivity index (χ0) is 27.0. The summed E-state index contributed by atoms with van der Waals surface area (Å²) in [5.74, 6) is 0.412. The number of benzene rings is 3. The Morgan fingerprint density at radius 2 is 1.68 bits per heavy atom. The van der Waals surface area contributed by atoms with E-state index in [-0.39, 0.29) is 35.2 Å². The molecule has 0 unspecified atom stereocenters. The first-order valence-corrected chi connectivity index (χ1v) is 13.2. The van der Waals surface area contributed by atoms with Gasteiger partial charge in [-0.2, -0.15) is 8.42 Å². The summed E-state index contributed by atoms with van der Waals surface area (Å²) in [4.78, 5) is 26.0. The van der Waals surface area contributed by atoms with Gasteiger partial charge in [0.15, 0.2) is 0 Å². The van der Waals surface area contributed by atoms with Crippen molar-refractivity contribution in [1.29, 1.82) is 0 Å². The minimum absolute atomic E-state index is 0.0515. The van der Waals surface area contributed by atoms with Gasteiger partial charge in [-0.3, -0.25) is 4.79 Å². The number of ether oxygens (including phenoxy) is 1.